The monoisotopic (exact) mass is 187 g/mol. The fraction of sp³-hybridized carbons (Fsp3) is 0.417. The minimum Gasteiger partial charge on any atom is -0.326 e. The van der Waals surface area contributed by atoms with Crippen molar-refractivity contribution in [2.45, 2.75) is 31.6 Å². The summed E-state index contributed by atoms with van der Waals surface area (Å²) in [5, 5.41) is 2.99. The lowest BCUT2D eigenvalue weighted by molar-refractivity contribution is -0.116. The molecule has 1 unspecified atom stereocenters. The summed E-state index contributed by atoms with van der Waals surface area (Å²) < 4.78 is 0. The molecule has 1 aliphatic heterocycles. The van der Waals surface area contributed by atoms with Gasteiger partial charge in [0.1, 0.15) is 0 Å². The molecule has 0 radical (unpaired) electrons. The third kappa shape index (κ3) is 1.07. The van der Waals surface area contributed by atoms with E-state index < -0.39 is 0 Å². The molecular weight excluding hydrogens is 174 g/mol. The fourth-order valence-corrected chi connectivity index (χ4v) is 2.70. The van der Waals surface area contributed by atoms with E-state index in [0.29, 0.717) is 12.3 Å². The average molecular weight is 187 g/mol. The molecule has 1 aliphatic carbocycles. The maximum atomic E-state index is 11.4. The van der Waals surface area contributed by atoms with Crippen molar-refractivity contribution in [1.82, 2.24) is 0 Å². The Morgan fingerprint density at radius 2 is 2.07 bits per heavy atom. The molecule has 2 heteroatoms. The first-order valence-corrected chi connectivity index (χ1v) is 5.26. The quantitative estimate of drug-likeness (QED) is 0.664. The first-order valence-electron chi connectivity index (χ1n) is 5.26. The highest BCUT2D eigenvalue weighted by atomic mass is 16.1. The Bertz CT molecular complexity index is 397. The number of rotatable bonds is 0. The Morgan fingerprint density at radius 1 is 1.21 bits per heavy atom. The van der Waals surface area contributed by atoms with Crippen molar-refractivity contribution in [3.05, 3.63) is 29.3 Å². The minimum absolute atomic E-state index is 0.174. The van der Waals surface area contributed by atoms with Crippen LogP contribution in [-0.4, -0.2) is 5.91 Å². The zero-order valence-corrected chi connectivity index (χ0v) is 8.05. The highest BCUT2D eigenvalue weighted by Gasteiger charge is 2.28. The van der Waals surface area contributed by atoms with Gasteiger partial charge in [0.15, 0.2) is 0 Å². The number of carbonyl (C=O) groups is 1. The van der Waals surface area contributed by atoms with Gasteiger partial charge in [-0.1, -0.05) is 12.1 Å². The molecule has 0 fully saturated rings. The number of carbonyl (C=O) groups excluding carboxylic acids is 1. The van der Waals surface area contributed by atoms with Gasteiger partial charge in [-0.05, 0) is 42.4 Å². The molecule has 1 heterocycles. The van der Waals surface area contributed by atoms with Crippen LogP contribution in [0.1, 0.15) is 36.3 Å². The summed E-state index contributed by atoms with van der Waals surface area (Å²) in [6.45, 7) is 0. The summed E-state index contributed by atoms with van der Waals surface area (Å²) in [6, 6.07) is 6.26. The van der Waals surface area contributed by atoms with Crippen LogP contribution in [0, 0.1) is 0 Å². The molecule has 1 atom stereocenters. The first-order chi connectivity index (χ1) is 6.84. The van der Waals surface area contributed by atoms with Gasteiger partial charge in [-0.2, -0.15) is 0 Å². The molecule has 0 bridgehead atoms. The Hall–Kier alpha value is -1.31. The Balaban J connectivity index is 2.16. The zero-order chi connectivity index (χ0) is 9.54. The van der Waals surface area contributed by atoms with Gasteiger partial charge in [0.2, 0.25) is 5.91 Å². The van der Waals surface area contributed by atoms with Gasteiger partial charge in [0.25, 0.3) is 0 Å². The van der Waals surface area contributed by atoms with E-state index in [1.165, 1.54) is 24.0 Å². The zero-order valence-electron chi connectivity index (χ0n) is 8.05. The lowest BCUT2D eigenvalue weighted by atomic mass is 9.96. The van der Waals surface area contributed by atoms with E-state index in [1.54, 1.807) is 0 Å². The van der Waals surface area contributed by atoms with E-state index in [9.17, 15) is 4.79 Å². The molecule has 1 aromatic rings. The van der Waals surface area contributed by atoms with Crippen LogP contribution in [0.25, 0.3) is 0 Å². The van der Waals surface area contributed by atoms with Gasteiger partial charge in [-0.15, -0.1) is 0 Å². The molecule has 2 nitrogen and oxygen atoms in total. The molecule has 14 heavy (non-hydrogen) atoms. The average Bonchev–Trinajstić information content (AvgIpc) is 2.51. The SMILES string of the molecule is O=C1CCC2CCc3cccc(c32)N1. The van der Waals surface area contributed by atoms with Crippen LogP contribution < -0.4 is 5.32 Å². The molecular formula is C12H13NO. The summed E-state index contributed by atoms with van der Waals surface area (Å²) in [7, 11) is 0. The summed E-state index contributed by atoms with van der Waals surface area (Å²) in [5.41, 5.74) is 3.92. The number of nitrogens with one attached hydrogen (secondary N) is 1. The lowest BCUT2D eigenvalue weighted by Gasteiger charge is -2.10. The van der Waals surface area contributed by atoms with Gasteiger partial charge in [0.05, 0.1) is 0 Å². The second-order valence-corrected chi connectivity index (χ2v) is 4.20. The summed E-state index contributed by atoms with van der Waals surface area (Å²) in [4.78, 5) is 11.4. The van der Waals surface area contributed by atoms with Crippen molar-refractivity contribution < 1.29 is 4.79 Å². The summed E-state index contributed by atoms with van der Waals surface area (Å²) in [5.74, 6) is 0.799. The minimum atomic E-state index is 0.174. The van der Waals surface area contributed by atoms with Crippen LogP contribution >= 0.6 is 0 Å². The largest absolute Gasteiger partial charge is 0.326 e. The van der Waals surface area contributed by atoms with Crippen molar-refractivity contribution >= 4 is 11.6 Å². The molecule has 1 N–H and O–H groups in total. The van der Waals surface area contributed by atoms with E-state index in [-0.39, 0.29) is 5.91 Å². The van der Waals surface area contributed by atoms with E-state index in [4.69, 9.17) is 0 Å². The van der Waals surface area contributed by atoms with Gasteiger partial charge >= 0.3 is 0 Å². The number of hydrogen-bond donors (Lipinski definition) is 1. The fourth-order valence-electron chi connectivity index (χ4n) is 2.70. The van der Waals surface area contributed by atoms with Gasteiger partial charge in [0, 0.05) is 12.1 Å². The molecule has 0 saturated carbocycles. The van der Waals surface area contributed by atoms with Crippen molar-refractivity contribution in [3.63, 3.8) is 0 Å². The molecule has 1 aromatic carbocycles. The Kier molecular flexibility index (Phi) is 1.63. The molecule has 72 valence electrons. The van der Waals surface area contributed by atoms with E-state index in [1.807, 2.05) is 12.1 Å². The Morgan fingerprint density at radius 3 is 3.00 bits per heavy atom. The number of amides is 1. The van der Waals surface area contributed by atoms with Crippen molar-refractivity contribution in [3.8, 4) is 0 Å². The van der Waals surface area contributed by atoms with Crippen LogP contribution in [0.15, 0.2) is 18.2 Å². The molecule has 0 saturated heterocycles. The van der Waals surface area contributed by atoms with Crippen LogP contribution in [0.2, 0.25) is 0 Å². The number of aryl methyl sites for hydroxylation is 1. The summed E-state index contributed by atoms with van der Waals surface area (Å²) >= 11 is 0. The van der Waals surface area contributed by atoms with Crippen molar-refractivity contribution in [1.29, 1.82) is 0 Å². The predicted octanol–water partition coefficient (Wildman–Crippen LogP) is 2.45. The van der Waals surface area contributed by atoms with Gasteiger partial charge in [-0.3, -0.25) is 4.79 Å². The third-order valence-electron chi connectivity index (χ3n) is 3.36. The Labute approximate surface area is 83.3 Å². The number of benzene rings is 1. The van der Waals surface area contributed by atoms with E-state index in [0.717, 1.165) is 12.1 Å². The summed E-state index contributed by atoms with van der Waals surface area (Å²) in [6.07, 6.45) is 4.11. The topological polar surface area (TPSA) is 29.1 Å². The molecule has 2 aliphatic rings. The third-order valence-corrected chi connectivity index (χ3v) is 3.36. The van der Waals surface area contributed by atoms with Crippen LogP contribution in [0.4, 0.5) is 5.69 Å². The van der Waals surface area contributed by atoms with Crippen molar-refractivity contribution in [2.75, 3.05) is 5.32 Å². The number of hydrogen-bond acceptors (Lipinski definition) is 1. The van der Waals surface area contributed by atoms with Crippen LogP contribution in [0.5, 0.6) is 0 Å². The highest BCUT2D eigenvalue weighted by Crippen LogP contribution is 2.42. The lowest BCUT2D eigenvalue weighted by Crippen LogP contribution is -2.09. The second-order valence-electron chi connectivity index (χ2n) is 4.20. The normalized spacial score (nSPS) is 24.0. The van der Waals surface area contributed by atoms with Crippen molar-refractivity contribution in [2.24, 2.45) is 0 Å². The van der Waals surface area contributed by atoms with E-state index in [2.05, 4.69) is 11.4 Å². The molecule has 1 amide bonds. The molecule has 0 aromatic heterocycles. The van der Waals surface area contributed by atoms with E-state index >= 15 is 0 Å². The smallest absolute Gasteiger partial charge is 0.224 e. The second kappa shape index (κ2) is 2.84. The van der Waals surface area contributed by atoms with Gasteiger partial charge in [-0.25, -0.2) is 0 Å². The molecule has 0 spiro atoms. The standard InChI is InChI=1S/C12H13NO/c14-11-7-6-9-5-4-8-2-1-3-10(13-11)12(8)9/h1-3,9H,4-7H2,(H,13,14). The van der Waals surface area contributed by atoms with Gasteiger partial charge < -0.3 is 5.32 Å². The maximum absolute atomic E-state index is 11.4. The first kappa shape index (κ1) is 8.04. The molecule has 3 rings (SSSR count). The predicted molar refractivity (Wildman–Crippen MR) is 55.4 cm³/mol. The maximum Gasteiger partial charge on any atom is 0.224 e. The van der Waals surface area contributed by atoms with Crippen LogP contribution in [-0.2, 0) is 11.2 Å². The highest BCUT2D eigenvalue weighted by molar-refractivity contribution is 5.93. The number of anilines is 1. The van der Waals surface area contributed by atoms with Crippen LogP contribution in [0.3, 0.4) is 0 Å².